The van der Waals surface area contributed by atoms with Crippen LogP contribution in [0.4, 0.5) is 14.9 Å². The maximum atomic E-state index is 13.4. The molecular weight excluding hydrogens is 387 g/mol. The number of hydrogen-bond acceptors (Lipinski definition) is 3. The van der Waals surface area contributed by atoms with Gasteiger partial charge in [0.15, 0.2) is 0 Å². The van der Waals surface area contributed by atoms with Gasteiger partial charge in [-0.1, -0.05) is 48.5 Å². The van der Waals surface area contributed by atoms with E-state index in [4.69, 9.17) is 4.74 Å². The number of rotatable bonds is 5. The lowest BCUT2D eigenvalue weighted by Crippen LogP contribution is -2.34. The molecule has 2 amide bonds. The molecule has 0 saturated carbocycles. The largest absolute Gasteiger partial charge is 0.489 e. The van der Waals surface area contributed by atoms with Crippen LogP contribution in [0.3, 0.4) is 0 Å². The van der Waals surface area contributed by atoms with Crippen molar-refractivity contribution in [1.29, 1.82) is 0 Å². The van der Waals surface area contributed by atoms with Crippen LogP contribution in [0.2, 0.25) is 0 Å². The van der Waals surface area contributed by atoms with E-state index in [1.165, 1.54) is 12.1 Å². The first-order chi connectivity index (χ1) is 14.2. The molecule has 148 valence electrons. The number of urea groups is 1. The molecule has 4 nitrogen and oxygen atoms in total. The topological polar surface area (TPSA) is 41.6 Å². The highest BCUT2D eigenvalue weighted by molar-refractivity contribution is 7.99. The number of carbonyl (C=O) groups excluding carboxylic acids is 1. The summed E-state index contributed by atoms with van der Waals surface area (Å²) in [5, 5.41) is 2.68. The van der Waals surface area contributed by atoms with Gasteiger partial charge in [0.1, 0.15) is 23.5 Å². The molecule has 6 heteroatoms. The van der Waals surface area contributed by atoms with E-state index in [-0.39, 0.29) is 17.2 Å². The lowest BCUT2D eigenvalue weighted by atomic mass is 10.2. The number of halogens is 1. The number of nitrogens with one attached hydrogen (secondary N) is 1. The molecule has 1 atom stereocenters. The molecule has 1 heterocycles. The minimum absolute atomic E-state index is 0.108. The average molecular weight is 408 g/mol. The SMILES string of the molecule is O=C(Nc1cccc(F)c1)N1CCS[C@@H]1c1cccc(OCc2ccccc2)c1. The Hall–Kier alpha value is -2.99. The number of thioether (sulfide) groups is 1. The number of nitrogens with zero attached hydrogens (tertiary/aromatic N) is 1. The number of benzene rings is 3. The quantitative estimate of drug-likeness (QED) is 0.590. The van der Waals surface area contributed by atoms with Crippen LogP contribution < -0.4 is 10.1 Å². The van der Waals surface area contributed by atoms with E-state index >= 15 is 0 Å². The molecule has 1 saturated heterocycles. The molecule has 0 aliphatic carbocycles. The van der Waals surface area contributed by atoms with Gasteiger partial charge < -0.3 is 15.0 Å². The zero-order valence-corrected chi connectivity index (χ0v) is 16.6. The molecule has 3 aromatic rings. The molecule has 29 heavy (non-hydrogen) atoms. The third kappa shape index (κ3) is 4.90. The molecule has 3 aromatic carbocycles. The first-order valence-corrected chi connectivity index (χ1v) is 10.5. The fourth-order valence-electron chi connectivity index (χ4n) is 3.21. The summed E-state index contributed by atoms with van der Waals surface area (Å²) < 4.78 is 19.3. The van der Waals surface area contributed by atoms with E-state index in [1.54, 1.807) is 28.8 Å². The highest BCUT2D eigenvalue weighted by atomic mass is 32.2. The molecule has 0 bridgehead atoms. The lowest BCUT2D eigenvalue weighted by molar-refractivity contribution is 0.214. The number of anilines is 1. The molecule has 1 aliphatic rings. The molecule has 4 rings (SSSR count). The number of carbonyl (C=O) groups is 1. The van der Waals surface area contributed by atoms with Gasteiger partial charge in [-0.3, -0.25) is 0 Å². The Morgan fingerprint density at radius 2 is 1.90 bits per heavy atom. The average Bonchev–Trinajstić information content (AvgIpc) is 3.23. The van der Waals surface area contributed by atoms with Crippen molar-refractivity contribution in [3.05, 3.63) is 95.8 Å². The van der Waals surface area contributed by atoms with Crippen LogP contribution in [0.1, 0.15) is 16.5 Å². The summed E-state index contributed by atoms with van der Waals surface area (Å²) in [5.41, 5.74) is 2.56. The number of hydrogen-bond donors (Lipinski definition) is 1. The van der Waals surface area contributed by atoms with Gasteiger partial charge in [-0.25, -0.2) is 9.18 Å². The van der Waals surface area contributed by atoms with E-state index in [0.717, 1.165) is 22.6 Å². The summed E-state index contributed by atoms with van der Waals surface area (Å²) in [5.74, 6) is 1.24. The molecule has 0 unspecified atom stereocenters. The Morgan fingerprint density at radius 3 is 2.72 bits per heavy atom. The van der Waals surface area contributed by atoms with Gasteiger partial charge in [0.25, 0.3) is 0 Å². The minimum Gasteiger partial charge on any atom is -0.489 e. The van der Waals surface area contributed by atoms with Crippen LogP contribution in [0, 0.1) is 5.82 Å². The van der Waals surface area contributed by atoms with Gasteiger partial charge >= 0.3 is 6.03 Å². The van der Waals surface area contributed by atoms with Crippen LogP contribution in [0.15, 0.2) is 78.9 Å². The van der Waals surface area contributed by atoms with Crippen molar-refractivity contribution in [2.45, 2.75) is 12.0 Å². The predicted molar refractivity (Wildman–Crippen MR) is 115 cm³/mol. The van der Waals surface area contributed by atoms with E-state index in [2.05, 4.69) is 5.32 Å². The Bertz CT molecular complexity index is 983. The monoisotopic (exact) mass is 408 g/mol. The van der Waals surface area contributed by atoms with Crippen molar-refractivity contribution in [2.24, 2.45) is 0 Å². The first kappa shape index (κ1) is 19.3. The Balaban J connectivity index is 1.44. The second-order valence-electron chi connectivity index (χ2n) is 6.70. The van der Waals surface area contributed by atoms with Crippen molar-refractivity contribution in [2.75, 3.05) is 17.6 Å². The van der Waals surface area contributed by atoms with Gasteiger partial charge in [0.2, 0.25) is 0 Å². The molecular formula is C23H21FN2O2S. The molecule has 1 aliphatic heterocycles. The predicted octanol–water partition coefficient (Wildman–Crippen LogP) is 5.68. The summed E-state index contributed by atoms with van der Waals surface area (Å²) in [4.78, 5) is 14.5. The van der Waals surface area contributed by atoms with Gasteiger partial charge in [-0.2, -0.15) is 0 Å². The summed E-state index contributed by atoms with van der Waals surface area (Å²) in [6.45, 7) is 1.12. The van der Waals surface area contributed by atoms with Gasteiger partial charge in [0, 0.05) is 18.0 Å². The molecule has 1 fully saturated rings. The summed E-state index contributed by atoms with van der Waals surface area (Å²) in [6, 6.07) is 23.5. The third-order valence-corrected chi connectivity index (χ3v) is 5.88. The normalized spacial score (nSPS) is 15.9. The zero-order chi connectivity index (χ0) is 20.1. The van der Waals surface area contributed by atoms with Crippen molar-refractivity contribution in [3.63, 3.8) is 0 Å². The smallest absolute Gasteiger partial charge is 0.323 e. The van der Waals surface area contributed by atoms with Gasteiger partial charge in [-0.05, 0) is 41.5 Å². The number of ether oxygens (including phenoxy) is 1. The van der Waals surface area contributed by atoms with Crippen LogP contribution in [-0.2, 0) is 6.61 Å². The fourth-order valence-corrected chi connectivity index (χ4v) is 4.46. The van der Waals surface area contributed by atoms with Crippen LogP contribution >= 0.6 is 11.8 Å². The second kappa shape index (κ2) is 9.01. The Morgan fingerprint density at radius 1 is 1.07 bits per heavy atom. The molecule has 1 N–H and O–H groups in total. The first-order valence-electron chi connectivity index (χ1n) is 9.40. The van der Waals surface area contributed by atoms with Crippen molar-refractivity contribution in [3.8, 4) is 5.75 Å². The van der Waals surface area contributed by atoms with E-state index in [9.17, 15) is 9.18 Å². The maximum Gasteiger partial charge on any atom is 0.323 e. The van der Waals surface area contributed by atoms with E-state index in [0.29, 0.717) is 18.8 Å². The Labute approximate surface area is 173 Å². The minimum atomic E-state index is -0.376. The maximum absolute atomic E-state index is 13.4. The Kier molecular flexibility index (Phi) is 6.00. The van der Waals surface area contributed by atoms with E-state index in [1.807, 2.05) is 54.6 Å². The van der Waals surface area contributed by atoms with Gasteiger partial charge in [0.05, 0.1) is 0 Å². The lowest BCUT2D eigenvalue weighted by Gasteiger charge is -2.24. The highest BCUT2D eigenvalue weighted by Crippen LogP contribution is 2.39. The zero-order valence-electron chi connectivity index (χ0n) is 15.8. The number of amides is 2. The van der Waals surface area contributed by atoms with Crippen LogP contribution in [0.25, 0.3) is 0 Å². The molecule has 0 spiro atoms. The summed E-state index contributed by atoms with van der Waals surface area (Å²) in [7, 11) is 0. The third-order valence-electron chi connectivity index (χ3n) is 4.62. The van der Waals surface area contributed by atoms with Crippen molar-refractivity contribution < 1.29 is 13.9 Å². The fraction of sp³-hybridized carbons (Fsp3) is 0.174. The van der Waals surface area contributed by atoms with Crippen LogP contribution in [0.5, 0.6) is 5.75 Å². The standard InChI is InChI=1S/C23H21FN2O2S/c24-19-9-5-10-20(15-19)25-23(27)26-12-13-29-22(26)18-8-4-11-21(14-18)28-16-17-6-2-1-3-7-17/h1-11,14-15,22H,12-13,16H2,(H,25,27)/t22-/m1/s1. The van der Waals surface area contributed by atoms with Gasteiger partial charge in [-0.15, -0.1) is 11.8 Å². The van der Waals surface area contributed by atoms with E-state index < -0.39 is 0 Å². The summed E-state index contributed by atoms with van der Waals surface area (Å²) in [6.07, 6.45) is 0. The van der Waals surface area contributed by atoms with Crippen LogP contribution in [-0.4, -0.2) is 23.2 Å². The highest BCUT2D eigenvalue weighted by Gasteiger charge is 2.31. The molecule has 0 aromatic heterocycles. The molecule has 0 radical (unpaired) electrons. The van der Waals surface area contributed by atoms with Crippen molar-refractivity contribution in [1.82, 2.24) is 4.90 Å². The summed E-state index contributed by atoms with van der Waals surface area (Å²) >= 11 is 1.70. The second-order valence-corrected chi connectivity index (χ2v) is 7.89. The van der Waals surface area contributed by atoms with Crippen molar-refractivity contribution >= 4 is 23.5 Å².